The van der Waals surface area contributed by atoms with Crippen LogP contribution < -0.4 is 11.2 Å². The Morgan fingerprint density at radius 2 is 1.76 bits per heavy atom. The van der Waals surface area contributed by atoms with Gasteiger partial charge in [-0.3, -0.25) is 9.98 Å². The number of aromatic nitrogens is 2. The van der Waals surface area contributed by atoms with Crippen molar-refractivity contribution in [2.24, 2.45) is 15.7 Å². The second-order valence-electron chi connectivity index (χ2n) is 5.96. The van der Waals surface area contributed by atoms with E-state index >= 15 is 0 Å². The van der Waals surface area contributed by atoms with Gasteiger partial charge in [0.15, 0.2) is 11.7 Å². The zero-order chi connectivity index (χ0) is 15.8. The summed E-state index contributed by atoms with van der Waals surface area (Å²) in [7, 11) is 2.80. The highest BCUT2D eigenvalue weighted by Crippen LogP contribution is 2.36. The Bertz CT molecular complexity index is 575. The van der Waals surface area contributed by atoms with E-state index < -0.39 is 7.12 Å². The predicted molar refractivity (Wildman–Crippen MR) is 84.2 cm³/mol. The van der Waals surface area contributed by atoms with Gasteiger partial charge in [-0.2, -0.15) is 5.10 Å². The Morgan fingerprint density at radius 1 is 1.19 bits per heavy atom. The second kappa shape index (κ2) is 5.27. The van der Waals surface area contributed by atoms with Crippen molar-refractivity contribution in [2.45, 2.75) is 38.9 Å². The van der Waals surface area contributed by atoms with Crippen molar-refractivity contribution in [1.29, 1.82) is 0 Å². The van der Waals surface area contributed by atoms with Gasteiger partial charge in [-0.15, -0.1) is 0 Å². The van der Waals surface area contributed by atoms with E-state index in [-0.39, 0.29) is 11.2 Å². The molecule has 1 aliphatic heterocycles. The van der Waals surface area contributed by atoms with Gasteiger partial charge >= 0.3 is 7.12 Å². The van der Waals surface area contributed by atoms with Crippen molar-refractivity contribution < 1.29 is 9.31 Å². The summed E-state index contributed by atoms with van der Waals surface area (Å²) < 4.78 is 13.5. The molecule has 114 valence electrons. The van der Waals surface area contributed by atoms with E-state index in [9.17, 15) is 0 Å². The van der Waals surface area contributed by atoms with Gasteiger partial charge in [0.25, 0.3) is 0 Å². The summed E-state index contributed by atoms with van der Waals surface area (Å²) in [6.45, 7) is 8.05. The first-order valence-electron chi connectivity index (χ1n) is 6.82. The Morgan fingerprint density at radius 3 is 2.24 bits per heavy atom. The molecular formula is C13H22BN5O2. The van der Waals surface area contributed by atoms with Crippen molar-refractivity contribution in [3.63, 3.8) is 0 Å². The molecule has 21 heavy (non-hydrogen) atoms. The molecule has 0 aromatic carbocycles. The summed E-state index contributed by atoms with van der Waals surface area (Å²) in [6.07, 6.45) is 3.48. The smallest absolute Gasteiger partial charge is 0.399 e. The van der Waals surface area contributed by atoms with Crippen LogP contribution >= 0.6 is 0 Å². The van der Waals surface area contributed by atoms with Crippen LogP contribution in [0.15, 0.2) is 22.4 Å². The first-order chi connectivity index (χ1) is 9.71. The molecule has 1 aromatic heterocycles. The highest BCUT2D eigenvalue weighted by atomic mass is 16.7. The fourth-order valence-corrected chi connectivity index (χ4v) is 1.99. The minimum Gasteiger partial charge on any atom is -0.399 e. The van der Waals surface area contributed by atoms with E-state index in [1.807, 2.05) is 27.7 Å². The van der Waals surface area contributed by atoms with Crippen LogP contribution in [0.3, 0.4) is 0 Å². The molecule has 0 spiro atoms. The van der Waals surface area contributed by atoms with Crippen molar-refractivity contribution in [2.75, 3.05) is 14.1 Å². The number of rotatable bonds is 1. The average Bonchev–Trinajstić information content (AvgIpc) is 2.94. The van der Waals surface area contributed by atoms with E-state index in [0.29, 0.717) is 11.7 Å². The van der Waals surface area contributed by atoms with Crippen molar-refractivity contribution in [3.8, 4) is 0 Å². The Labute approximate surface area is 125 Å². The van der Waals surface area contributed by atoms with Crippen LogP contribution in [-0.2, 0) is 9.31 Å². The molecule has 0 unspecified atom stereocenters. The standard InChI is InChI=1S/C13H22BN5O2/c1-12(2)13(3,4)21-14(20-12)9-7-18-19(8-9)11(17-6)10(15)16-5/h7-8H,1-6H3,(H2,15,16). The van der Waals surface area contributed by atoms with Crippen LogP contribution in [0.1, 0.15) is 27.7 Å². The topological polar surface area (TPSA) is 87.0 Å². The minimum atomic E-state index is -0.457. The highest BCUT2D eigenvalue weighted by molar-refractivity contribution is 6.62. The van der Waals surface area contributed by atoms with Gasteiger partial charge in [0.2, 0.25) is 0 Å². The lowest BCUT2D eigenvalue weighted by atomic mass is 9.82. The van der Waals surface area contributed by atoms with Gasteiger partial charge in [0.1, 0.15) is 0 Å². The predicted octanol–water partition coefficient (Wildman–Crippen LogP) is 0.0457. The summed E-state index contributed by atoms with van der Waals surface area (Å²) in [5.41, 5.74) is 5.86. The van der Waals surface area contributed by atoms with E-state index in [1.165, 1.54) is 0 Å². The summed E-state index contributed by atoms with van der Waals surface area (Å²) >= 11 is 0. The molecule has 8 heteroatoms. The molecule has 1 aromatic rings. The highest BCUT2D eigenvalue weighted by Gasteiger charge is 2.52. The molecule has 1 saturated heterocycles. The Balaban J connectivity index is 2.26. The number of hydrogen-bond acceptors (Lipinski definition) is 5. The lowest BCUT2D eigenvalue weighted by Gasteiger charge is -2.32. The third-order valence-corrected chi connectivity index (χ3v) is 4.03. The first-order valence-corrected chi connectivity index (χ1v) is 6.82. The van der Waals surface area contributed by atoms with Gasteiger partial charge in [-0.05, 0) is 27.7 Å². The summed E-state index contributed by atoms with van der Waals surface area (Å²) in [4.78, 5) is 8.04. The number of aliphatic imine (C=N–C) groups is 2. The number of amidine groups is 1. The maximum absolute atomic E-state index is 5.99. The molecule has 0 saturated carbocycles. The molecule has 1 aliphatic rings. The fourth-order valence-electron chi connectivity index (χ4n) is 1.99. The molecule has 2 heterocycles. The van der Waals surface area contributed by atoms with Crippen LogP contribution in [0.4, 0.5) is 0 Å². The normalized spacial score (nSPS) is 21.9. The number of nitrogens with zero attached hydrogens (tertiary/aromatic N) is 4. The van der Waals surface area contributed by atoms with Gasteiger partial charge in [0, 0.05) is 32.0 Å². The number of hydrogen-bond donors (Lipinski definition) is 1. The van der Waals surface area contributed by atoms with Gasteiger partial charge in [-0.1, -0.05) is 0 Å². The summed E-state index contributed by atoms with van der Waals surface area (Å²) in [6, 6.07) is 0. The average molecular weight is 291 g/mol. The fraction of sp³-hybridized carbons (Fsp3) is 0.615. The van der Waals surface area contributed by atoms with Crippen molar-refractivity contribution >= 4 is 24.3 Å². The Hall–Kier alpha value is -1.67. The van der Waals surface area contributed by atoms with Crippen LogP contribution in [0.25, 0.3) is 0 Å². The van der Waals surface area contributed by atoms with Gasteiger partial charge < -0.3 is 15.0 Å². The molecule has 0 amide bonds. The van der Waals surface area contributed by atoms with E-state index in [4.69, 9.17) is 15.0 Å². The SMILES string of the molecule is CN=C(N)C(=NC)n1cc(B2OC(C)(C)C(C)(C)O2)cn1. The lowest BCUT2D eigenvalue weighted by molar-refractivity contribution is 0.00578. The molecular weight excluding hydrogens is 269 g/mol. The molecule has 7 nitrogen and oxygen atoms in total. The maximum Gasteiger partial charge on any atom is 0.498 e. The lowest BCUT2D eigenvalue weighted by Crippen LogP contribution is -2.41. The maximum atomic E-state index is 5.99. The zero-order valence-corrected chi connectivity index (χ0v) is 13.4. The largest absolute Gasteiger partial charge is 0.498 e. The first kappa shape index (κ1) is 15.7. The monoisotopic (exact) mass is 291 g/mol. The zero-order valence-electron chi connectivity index (χ0n) is 13.4. The molecule has 0 radical (unpaired) electrons. The summed E-state index contributed by atoms with van der Waals surface area (Å²) in [5.74, 6) is 0.807. The van der Waals surface area contributed by atoms with Crippen molar-refractivity contribution in [3.05, 3.63) is 12.4 Å². The van der Waals surface area contributed by atoms with Crippen LogP contribution in [0.5, 0.6) is 0 Å². The third kappa shape index (κ3) is 2.73. The van der Waals surface area contributed by atoms with Crippen LogP contribution in [0.2, 0.25) is 0 Å². The Kier molecular flexibility index (Phi) is 3.94. The second-order valence-corrected chi connectivity index (χ2v) is 5.96. The summed E-state index contributed by atoms with van der Waals surface area (Å²) in [5, 5.41) is 4.26. The molecule has 1 fully saturated rings. The van der Waals surface area contributed by atoms with Crippen LogP contribution in [-0.4, -0.2) is 53.9 Å². The van der Waals surface area contributed by atoms with E-state index in [0.717, 1.165) is 5.46 Å². The molecule has 2 rings (SSSR count). The molecule has 0 atom stereocenters. The molecule has 0 bridgehead atoms. The van der Waals surface area contributed by atoms with E-state index in [2.05, 4.69) is 15.1 Å². The minimum absolute atomic E-state index is 0.320. The molecule has 0 aliphatic carbocycles. The van der Waals surface area contributed by atoms with Gasteiger partial charge in [0.05, 0.1) is 11.2 Å². The molecule has 2 N–H and O–H groups in total. The van der Waals surface area contributed by atoms with Crippen molar-refractivity contribution in [1.82, 2.24) is 9.78 Å². The van der Waals surface area contributed by atoms with E-state index in [1.54, 1.807) is 31.2 Å². The van der Waals surface area contributed by atoms with Gasteiger partial charge in [-0.25, -0.2) is 4.68 Å². The number of nitrogens with two attached hydrogens (primary N) is 1. The quantitative estimate of drug-likeness (QED) is 0.450. The third-order valence-electron chi connectivity index (χ3n) is 4.03. The van der Waals surface area contributed by atoms with Crippen LogP contribution in [0, 0.1) is 0 Å².